The predicted octanol–water partition coefficient (Wildman–Crippen LogP) is 1.77. The summed E-state index contributed by atoms with van der Waals surface area (Å²) in [5.74, 6) is 1.49. The van der Waals surface area contributed by atoms with Crippen LogP contribution < -0.4 is 14.8 Å². The SMILES string of the molecule is COc1ccc(C(C)NCC2COCCO2)cc1OC. The standard InChI is InChI=1S/C15H23NO4/c1-11(16-9-13-10-19-6-7-20-13)12-4-5-14(17-2)15(8-12)18-3/h4-5,8,11,13,16H,6-7,9-10H2,1-3H3. The van der Waals surface area contributed by atoms with Crippen LogP contribution in [0.3, 0.4) is 0 Å². The van der Waals surface area contributed by atoms with E-state index in [1.54, 1.807) is 14.2 Å². The van der Waals surface area contributed by atoms with Gasteiger partial charge in [0.1, 0.15) is 0 Å². The third-order valence-corrected chi connectivity index (χ3v) is 3.44. The first-order valence-corrected chi connectivity index (χ1v) is 6.89. The zero-order chi connectivity index (χ0) is 14.4. The summed E-state index contributed by atoms with van der Waals surface area (Å²) in [6.45, 7) is 4.92. The van der Waals surface area contributed by atoms with Gasteiger partial charge in [0.15, 0.2) is 11.5 Å². The summed E-state index contributed by atoms with van der Waals surface area (Å²) in [5, 5.41) is 3.46. The molecule has 1 fully saturated rings. The van der Waals surface area contributed by atoms with Crippen LogP contribution in [0.4, 0.5) is 0 Å². The Bertz CT molecular complexity index is 418. The molecule has 2 atom stereocenters. The molecule has 0 bridgehead atoms. The molecule has 1 aliphatic rings. The van der Waals surface area contributed by atoms with Crippen LogP contribution in [0, 0.1) is 0 Å². The van der Waals surface area contributed by atoms with E-state index in [-0.39, 0.29) is 12.1 Å². The molecular formula is C15H23NO4. The normalized spacial score (nSPS) is 20.4. The lowest BCUT2D eigenvalue weighted by atomic mass is 10.1. The van der Waals surface area contributed by atoms with Crippen molar-refractivity contribution in [2.75, 3.05) is 40.6 Å². The van der Waals surface area contributed by atoms with E-state index in [2.05, 4.69) is 12.2 Å². The van der Waals surface area contributed by atoms with Crippen LogP contribution in [0.25, 0.3) is 0 Å². The molecule has 0 saturated carbocycles. The van der Waals surface area contributed by atoms with Gasteiger partial charge in [-0.05, 0) is 24.6 Å². The third kappa shape index (κ3) is 3.85. The quantitative estimate of drug-likeness (QED) is 0.861. The fraction of sp³-hybridized carbons (Fsp3) is 0.600. The van der Waals surface area contributed by atoms with Crippen molar-refractivity contribution in [3.63, 3.8) is 0 Å². The molecule has 20 heavy (non-hydrogen) atoms. The Balaban J connectivity index is 1.92. The predicted molar refractivity (Wildman–Crippen MR) is 76.5 cm³/mol. The molecule has 5 nitrogen and oxygen atoms in total. The van der Waals surface area contributed by atoms with E-state index in [9.17, 15) is 0 Å². The monoisotopic (exact) mass is 281 g/mol. The molecule has 0 aromatic heterocycles. The number of ether oxygens (including phenoxy) is 4. The minimum Gasteiger partial charge on any atom is -0.493 e. The molecule has 0 amide bonds. The second kappa shape index (κ2) is 7.47. The average Bonchev–Trinajstić information content (AvgIpc) is 2.52. The number of nitrogens with one attached hydrogen (secondary N) is 1. The highest BCUT2D eigenvalue weighted by Gasteiger charge is 2.16. The third-order valence-electron chi connectivity index (χ3n) is 3.44. The Kier molecular flexibility index (Phi) is 5.64. The molecule has 112 valence electrons. The smallest absolute Gasteiger partial charge is 0.161 e. The maximum atomic E-state index is 5.61. The van der Waals surface area contributed by atoms with Gasteiger partial charge in [-0.15, -0.1) is 0 Å². The number of hydrogen-bond acceptors (Lipinski definition) is 5. The molecule has 1 aromatic carbocycles. The highest BCUT2D eigenvalue weighted by molar-refractivity contribution is 5.43. The highest BCUT2D eigenvalue weighted by atomic mass is 16.6. The van der Waals surface area contributed by atoms with Gasteiger partial charge in [-0.3, -0.25) is 0 Å². The first-order valence-electron chi connectivity index (χ1n) is 6.89. The van der Waals surface area contributed by atoms with Crippen LogP contribution in [0.15, 0.2) is 18.2 Å². The van der Waals surface area contributed by atoms with Crippen molar-refractivity contribution in [2.45, 2.75) is 19.1 Å². The summed E-state index contributed by atoms with van der Waals surface area (Å²) >= 11 is 0. The zero-order valence-corrected chi connectivity index (χ0v) is 12.3. The molecule has 0 spiro atoms. The summed E-state index contributed by atoms with van der Waals surface area (Å²) in [7, 11) is 3.28. The molecule has 1 saturated heterocycles. The van der Waals surface area contributed by atoms with Gasteiger partial charge in [-0.2, -0.15) is 0 Å². The lowest BCUT2D eigenvalue weighted by molar-refractivity contribution is -0.0869. The maximum absolute atomic E-state index is 5.61. The topological polar surface area (TPSA) is 49.0 Å². The minimum absolute atomic E-state index is 0.131. The van der Waals surface area contributed by atoms with E-state index in [1.165, 1.54) is 0 Å². The van der Waals surface area contributed by atoms with Crippen molar-refractivity contribution in [2.24, 2.45) is 0 Å². The van der Waals surface area contributed by atoms with Crippen molar-refractivity contribution in [1.29, 1.82) is 0 Å². The number of methoxy groups -OCH3 is 2. The van der Waals surface area contributed by atoms with Crippen LogP contribution in [0.1, 0.15) is 18.5 Å². The Hall–Kier alpha value is -1.30. The van der Waals surface area contributed by atoms with Crippen LogP contribution in [0.5, 0.6) is 11.5 Å². The van der Waals surface area contributed by atoms with E-state index in [0.717, 1.165) is 23.6 Å². The fourth-order valence-electron chi connectivity index (χ4n) is 2.20. The second-order valence-corrected chi connectivity index (χ2v) is 4.81. The van der Waals surface area contributed by atoms with Gasteiger partial charge in [0.25, 0.3) is 0 Å². The van der Waals surface area contributed by atoms with Crippen molar-refractivity contribution >= 4 is 0 Å². The van der Waals surface area contributed by atoms with Gasteiger partial charge in [0.2, 0.25) is 0 Å². The largest absolute Gasteiger partial charge is 0.493 e. The molecule has 1 heterocycles. The second-order valence-electron chi connectivity index (χ2n) is 4.81. The van der Waals surface area contributed by atoms with Crippen molar-refractivity contribution in [3.05, 3.63) is 23.8 Å². The Morgan fingerprint density at radius 3 is 2.70 bits per heavy atom. The number of benzene rings is 1. The minimum atomic E-state index is 0.131. The van der Waals surface area contributed by atoms with Crippen LogP contribution >= 0.6 is 0 Å². The summed E-state index contributed by atoms with van der Waals surface area (Å²) < 4.78 is 21.6. The molecule has 1 aromatic rings. The Morgan fingerprint density at radius 2 is 2.05 bits per heavy atom. The summed E-state index contributed by atoms with van der Waals surface area (Å²) in [6, 6.07) is 6.17. The fourth-order valence-corrected chi connectivity index (χ4v) is 2.20. The number of hydrogen-bond donors (Lipinski definition) is 1. The number of rotatable bonds is 6. The van der Waals surface area contributed by atoms with Crippen molar-refractivity contribution < 1.29 is 18.9 Å². The molecule has 0 radical (unpaired) electrons. The van der Waals surface area contributed by atoms with Gasteiger partial charge >= 0.3 is 0 Å². The summed E-state index contributed by atoms with van der Waals surface area (Å²) in [5.41, 5.74) is 1.15. The average molecular weight is 281 g/mol. The van der Waals surface area contributed by atoms with Crippen LogP contribution in [-0.2, 0) is 9.47 Å². The van der Waals surface area contributed by atoms with Crippen molar-refractivity contribution in [1.82, 2.24) is 5.32 Å². The van der Waals surface area contributed by atoms with E-state index < -0.39 is 0 Å². The lowest BCUT2D eigenvalue weighted by Crippen LogP contribution is -2.38. The Morgan fingerprint density at radius 1 is 1.25 bits per heavy atom. The molecule has 5 heteroatoms. The van der Waals surface area contributed by atoms with E-state index >= 15 is 0 Å². The summed E-state index contributed by atoms with van der Waals surface area (Å²) in [6.07, 6.45) is 0.131. The van der Waals surface area contributed by atoms with E-state index in [1.807, 2.05) is 18.2 Å². The zero-order valence-electron chi connectivity index (χ0n) is 12.3. The Labute approximate surface area is 120 Å². The van der Waals surface area contributed by atoms with Crippen LogP contribution in [-0.4, -0.2) is 46.7 Å². The van der Waals surface area contributed by atoms with Gasteiger partial charge in [0, 0.05) is 12.6 Å². The molecule has 1 N–H and O–H groups in total. The molecule has 0 aliphatic carbocycles. The van der Waals surface area contributed by atoms with Gasteiger partial charge in [-0.25, -0.2) is 0 Å². The molecular weight excluding hydrogens is 258 g/mol. The molecule has 2 rings (SSSR count). The first-order chi connectivity index (χ1) is 9.74. The van der Waals surface area contributed by atoms with Gasteiger partial charge in [0.05, 0.1) is 40.1 Å². The summed E-state index contributed by atoms with van der Waals surface area (Å²) in [4.78, 5) is 0. The lowest BCUT2D eigenvalue weighted by Gasteiger charge is -2.25. The highest BCUT2D eigenvalue weighted by Crippen LogP contribution is 2.29. The molecule has 1 aliphatic heterocycles. The van der Waals surface area contributed by atoms with Gasteiger partial charge < -0.3 is 24.3 Å². The van der Waals surface area contributed by atoms with E-state index in [4.69, 9.17) is 18.9 Å². The van der Waals surface area contributed by atoms with Crippen LogP contribution in [0.2, 0.25) is 0 Å². The van der Waals surface area contributed by atoms with E-state index in [0.29, 0.717) is 19.8 Å². The first kappa shape index (κ1) is 15.1. The van der Waals surface area contributed by atoms with Crippen molar-refractivity contribution in [3.8, 4) is 11.5 Å². The maximum Gasteiger partial charge on any atom is 0.161 e. The van der Waals surface area contributed by atoms with Gasteiger partial charge in [-0.1, -0.05) is 6.07 Å². The molecule has 2 unspecified atom stereocenters.